The number of hydrogen-bond acceptors (Lipinski definition) is 4. The molecule has 1 fully saturated rings. The number of hydrogen-bond donors (Lipinski definition) is 2. The van der Waals surface area contributed by atoms with Gasteiger partial charge in [0.15, 0.2) is 5.96 Å². The van der Waals surface area contributed by atoms with E-state index in [0.29, 0.717) is 44.9 Å². The van der Waals surface area contributed by atoms with Crippen LogP contribution in [-0.2, 0) is 16.0 Å². The van der Waals surface area contributed by atoms with Crippen LogP contribution in [0.4, 0.5) is 0 Å². The zero-order valence-electron chi connectivity index (χ0n) is 15.8. The molecule has 0 atom stereocenters. The van der Waals surface area contributed by atoms with Crippen LogP contribution in [0.2, 0.25) is 0 Å². The van der Waals surface area contributed by atoms with Crippen molar-refractivity contribution in [2.24, 2.45) is 4.99 Å². The van der Waals surface area contributed by atoms with Crippen LogP contribution in [0.1, 0.15) is 30.4 Å². The van der Waals surface area contributed by atoms with Gasteiger partial charge in [-0.15, -0.1) is 0 Å². The topological polar surface area (TPSA) is 83.0 Å². The van der Waals surface area contributed by atoms with Gasteiger partial charge in [-0.3, -0.25) is 19.5 Å². The first-order chi connectivity index (χ1) is 12.5. The van der Waals surface area contributed by atoms with E-state index in [1.54, 1.807) is 14.2 Å². The monoisotopic (exact) mass is 360 g/mol. The van der Waals surface area contributed by atoms with Gasteiger partial charge in [-0.1, -0.05) is 17.7 Å². The highest BCUT2D eigenvalue weighted by Gasteiger charge is 2.25. The highest BCUT2D eigenvalue weighted by atomic mass is 16.5. The fraction of sp³-hybridized carbons (Fsp3) is 0.526. The van der Waals surface area contributed by atoms with Crippen molar-refractivity contribution in [2.75, 3.05) is 33.8 Å². The first-order valence-corrected chi connectivity index (χ1v) is 8.96. The molecule has 0 unspecified atom stereocenters. The number of benzene rings is 1. The highest BCUT2D eigenvalue weighted by molar-refractivity contribution is 5.97. The zero-order valence-corrected chi connectivity index (χ0v) is 15.8. The van der Waals surface area contributed by atoms with Crippen molar-refractivity contribution < 1.29 is 14.3 Å². The first-order valence-electron chi connectivity index (χ1n) is 8.96. The van der Waals surface area contributed by atoms with Crippen molar-refractivity contribution in [2.45, 2.75) is 32.6 Å². The second kappa shape index (κ2) is 9.79. The van der Waals surface area contributed by atoms with E-state index in [1.165, 1.54) is 10.5 Å². The lowest BCUT2D eigenvalue weighted by molar-refractivity contribution is -0.147. The van der Waals surface area contributed by atoms with Gasteiger partial charge >= 0.3 is 0 Å². The first kappa shape index (κ1) is 19.8. The molecule has 2 amide bonds. The number of amides is 2. The second-order valence-corrected chi connectivity index (χ2v) is 6.28. The van der Waals surface area contributed by atoms with Gasteiger partial charge in [-0.2, -0.15) is 0 Å². The molecule has 0 bridgehead atoms. The van der Waals surface area contributed by atoms with Gasteiger partial charge in [0.1, 0.15) is 5.75 Å². The number of rotatable bonds is 7. The maximum absolute atomic E-state index is 11.8. The average molecular weight is 360 g/mol. The van der Waals surface area contributed by atoms with Crippen LogP contribution in [0.15, 0.2) is 23.2 Å². The fourth-order valence-corrected chi connectivity index (χ4v) is 2.97. The molecular formula is C19H28N4O3. The van der Waals surface area contributed by atoms with E-state index < -0.39 is 0 Å². The quantitative estimate of drug-likeness (QED) is 0.434. The lowest BCUT2D eigenvalue weighted by Crippen LogP contribution is -2.46. The van der Waals surface area contributed by atoms with Gasteiger partial charge in [0.25, 0.3) is 0 Å². The molecule has 1 aliphatic heterocycles. The highest BCUT2D eigenvalue weighted by Crippen LogP contribution is 2.19. The third-order valence-electron chi connectivity index (χ3n) is 4.36. The largest absolute Gasteiger partial charge is 0.496 e. The zero-order chi connectivity index (χ0) is 18.9. The second-order valence-electron chi connectivity index (χ2n) is 6.28. The van der Waals surface area contributed by atoms with Crippen molar-refractivity contribution in [3.8, 4) is 5.75 Å². The predicted molar refractivity (Wildman–Crippen MR) is 101 cm³/mol. The van der Waals surface area contributed by atoms with E-state index in [0.717, 1.165) is 17.7 Å². The Morgan fingerprint density at radius 1 is 1.19 bits per heavy atom. The lowest BCUT2D eigenvalue weighted by atomic mass is 10.1. The molecule has 0 aromatic heterocycles. The maximum Gasteiger partial charge on any atom is 0.229 e. The molecule has 7 heteroatoms. The summed E-state index contributed by atoms with van der Waals surface area (Å²) in [5.41, 5.74) is 2.33. The number of piperidine rings is 1. The number of ether oxygens (including phenoxy) is 1. The van der Waals surface area contributed by atoms with Gasteiger partial charge in [0, 0.05) is 39.5 Å². The number of methoxy groups -OCH3 is 1. The summed E-state index contributed by atoms with van der Waals surface area (Å²) < 4.78 is 5.39. The molecule has 2 N–H and O–H groups in total. The van der Waals surface area contributed by atoms with Crippen LogP contribution in [-0.4, -0.2) is 56.5 Å². The number of imide groups is 1. The minimum atomic E-state index is -0.0856. The summed E-state index contributed by atoms with van der Waals surface area (Å²) in [6.45, 7) is 3.59. The minimum absolute atomic E-state index is 0.0856. The molecular weight excluding hydrogens is 332 g/mol. The Morgan fingerprint density at radius 3 is 2.54 bits per heavy atom. The molecule has 1 aromatic rings. The van der Waals surface area contributed by atoms with Crippen LogP contribution in [0.3, 0.4) is 0 Å². The molecule has 1 heterocycles. The Balaban J connectivity index is 1.77. The molecule has 0 aliphatic carbocycles. The predicted octanol–water partition coefficient (Wildman–Crippen LogP) is 1.25. The molecule has 26 heavy (non-hydrogen) atoms. The summed E-state index contributed by atoms with van der Waals surface area (Å²) in [5.74, 6) is 1.35. The molecule has 0 spiro atoms. The molecule has 1 aromatic carbocycles. The van der Waals surface area contributed by atoms with Gasteiger partial charge < -0.3 is 15.4 Å². The van der Waals surface area contributed by atoms with E-state index >= 15 is 0 Å². The Labute approximate surface area is 154 Å². The van der Waals surface area contributed by atoms with Crippen molar-refractivity contribution >= 4 is 17.8 Å². The number of likely N-dealkylation sites (tertiary alicyclic amines) is 1. The maximum atomic E-state index is 11.8. The number of nitrogens with zero attached hydrogens (tertiary/aromatic N) is 2. The van der Waals surface area contributed by atoms with E-state index in [1.807, 2.05) is 12.1 Å². The van der Waals surface area contributed by atoms with Crippen LogP contribution < -0.4 is 15.4 Å². The summed E-state index contributed by atoms with van der Waals surface area (Å²) in [7, 11) is 3.37. The van der Waals surface area contributed by atoms with Crippen molar-refractivity contribution in [3.63, 3.8) is 0 Å². The van der Waals surface area contributed by atoms with Crippen LogP contribution in [0.25, 0.3) is 0 Å². The standard InChI is InChI=1S/C19H28N4O3/c1-14-7-8-16(26-3)15(13-14)9-10-21-19(20-2)22-11-12-23-17(24)5-4-6-18(23)25/h7-8,13H,4-6,9-12H2,1-3H3,(H2,20,21,22). The van der Waals surface area contributed by atoms with E-state index in [2.05, 4.69) is 28.6 Å². The third-order valence-corrected chi connectivity index (χ3v) is 4.36. The van der Waals surface area contributed by atoms with Crippen molar-refractivity contribution in [1.82, 2.24) is 15.5 Å². The summed E-state index contributed by atoms with van der Waals surface area (Å²) in [6.07, 6.45) is 2.37. The molecule has 7 nitrogen and oxygen atoms in total. The fourth-order valence-electron chi connectivity index (χ4n) is 2.97. The molecule has 1 aliphatic rings. The average Bonchev–Trinajstić information content (AvgIpc) is 2.63. The number of guanidine groups is 1. The Morgan fingerprint density at radius 2 is 1.88 bits per heavy atom. The van der Waals surface area contributed by atoms with E-state index in [9.17, 15) is 9.59 Å². The summed E-state index contributed by atoms with van der Waals surface area (Å²) >= 11 is 0. The number of aliphatic imine (C=N–C) groups is 1. The smallest absolute Gasteiger partial charge is 0.229 e. The molecule has 2 rings (SSSR count). The summed E-state index contributed by atoms with van der Waals surface area (Å²) in [4.78, 5) is 29.1. The Kier molecular flexibility index (Phi) is 7.44. The van der Waals surface area contributed by atoms with Crippen molar-refractivity contribution in [1.29, 1.82) is 0 Å². The van der Waals surface area contributed by atoms with E-state index in [-0.39, 0.29) is 11.8 Å². The van der Waals surface area contributed by atoms with Crippen LogP contribution in [0.5, 0.6) is 5.75 Å². The van der Waals surface area contributed by atoms with Crippen molar-refractivity contribution in [3.05, 3.63) is 29.3 Å². The van der Waals surface area contributed by atoms with Gasteiger partial charge in [-0.25, -0.2) is 0 Å². The molecule has 1 saturated heterocycles. The summed E-state index contributed by atoms with van der Waals surface area (Å²) in [6, 6.07) is 6.12. The number of nitrogens with one attached hydrogen (secondary N) is 2. The van der Waals surface area contributed by atoms with Crippen LogP contribution in [0, 0.1) is 6.92 Å². The minimum Gasteiger partial charge on any atom is -0.496 e. The lowest BCUT2D eigenvalue weighted by Gasteiger charge is -2.25. The molecule has 0 saturated carbocycles. The summed E-state index contributed by atoms with van der Waals surface area (Å²) in [5, 5.41) is 6.39. The normalized spacial score (nSPS) is 15.2. The Bertz CT molecular complexity index is 657. The van der Waals surface area contributed by atoms with Gasteiger partial charge in [0.2, 0.25) is 11.8 Å². The Hall–Kier alpha value is -2.57. The van der Waals surface area contributed by atoms with Gasteiger partial charge in [-0.05, 0) is 31.4 Å². The number of aryl methyl sites for hydroxylation is 1. The third kappa shape index (κ3) is 5.47. The van der Waals surface area contributed by atoms with E-state index in [4.69, 9.17) is 4.74 Å². The van der Waals surface area contributed by atoms with Gasteiger partial charge in [0.05, 0.1) is 7.11 Å². The number of carbonyl (C=O) groups excluding carboxylic acids is 2. The molecule has 0 radical (unpaired) electrons. The van der Waals surface area contributed by atoms with Crippen LogP contribution >= 0.6 is 0 Å². The molecule has 142 valence electrons. The number of carbonyl (C=O) groups is 2. The SMILES string of the molecule is CN=C(NCCc1cc(C)ccc1OC)NCCN1C(=O)CCCC1=O.